The Balaban J connectivity index is 1.76. The Hall–Kier alpha value is -1.55. The lowest BCUT2D eigenvalue weighted by Gasteiger charge is -2.16. The molecule has 0 heterocycles. The summed E-state index contributed by atoms with van der Waals surface area (Å²) in [6, 6.07) is 6.69. The maximum absolute atomic E-state index is 11.8. The molecule has 1 aromatic carbocycles. The number of carbonyl (C=O) groups excluding carboxylic acids is 2. The van der Waals surface area contributed by atoms with Gasteiger partial charge in [-0.2, -0.15) is 0 Å². The second kappa shape index (κ2) is 8.03. The van der Waals surface area contributed by atoms with E-state index in [2.05, 4.69) is 5.32 Å². The Morgan fingerprint density at radius 2 is 1.90 bits per heavy atom. The first-order valence-corrected chi connectivity index (χ1v) is 7.75. The highest BCUT2D eigenvalue weighted by molar-refractivity contribution is 6.30. The first-order valence-electron chi connectivity index (χ1n) is 7.37. The molecule has 21 heavy (non-hydrogen) atoms. The maximum atomic E-state index is 11.8. The Labute approximate surface area is 129 Å². The van der Waals surface area contributed by atoms with Gasteiger partial charge in [-0.25, -0.2) is 4.79 Å². The molecule has 1 amide bonds. The van der Waals surface area contributed by atoms with E-state index < -0.39 is 5.97 Å². The molecule has 1 N–H and O–H groups in total. The normalized spacial score (nSPS) is 16.0. The summed E-state index contributed by atoms with van der Waals surface area (Å²) in [6.07, 6.45) is 6.77. The quantitative estimate of drug-likeness (QED) is 0.685. The Morgan fingerprint density at radius 1 is 1.19 bits per heavy atom. The Bertz CT molecular complexity index is 496. The lowest BCUT2D eigenvalue weighted by atomic mass is 10.1. The van der Waals surface area contributed by atoms with Crippen molar-refractivity contribution in [2.45, 2.75) is 44.6 Å². The molecular formula is C16H20ClNO3. The van der Waals surface area contributed by atoms with E-state index in [0.29, 0.717) is 10.6 Å². The fourth-order valence-electron chi connectivity index (χ4n) is 2.52. The van der Waals surface area contributed by atoms with Crippen molar-refractivity contribution in [2.24, 2.45) is 0 Å². The topological polar surface area (TPSA) is 55.4 Å². The van der Waals surface area contributed by atoms with Gasteiger partial charge in [0.15, 0.2) is 6.61 Å². The van der Waals surface area contributed by atoms with E-state index in [1.54, 1.807) is 18.2 Å². The number of benzene rings is 1. The van der Waals surface area contributed by atoms with Crippen molar-refractivity contribution in [1.82, 2.24) is 5.32 Å². The highest BCUT2D eigenvalue weighted by atomic mass is 35.5. The zero-order valence-electron chi connectivity index (χ0n) is 11.9. The van der Waals surface area contributed by atoms with Crippen LogP contribution in [0.3, 0.4) is 0 Å². The Kier molecular flexibility index (Phi) is 6.05. The van der Waals surface area contributed by atoms with Crippen molar-refractivity contribution in [3.8, 4) is 0 Å². The summed E-state index contributed by atoms with van der Waals surface area (Å²) < 4.78 is 5.01. The summed E-state index contributed by atoms with van der Waals surface area (Å²) in [4.78, 5) is 23.6. The average Bonchev–Trinajstić information content (AvgIpc) is 2.73. The largest absolute Gasteiger partial charge is 0.452 e. The zero-order chi connectivity index (χ0) is 15.1. The SMILES string of the molecule is O=C(COC(=O)c1cccc(Cl)c1)NC1CCCCCC1. The van der Waals surface area contributed by atoms with E-state index in [9.17, 15) is 9.59 Å². The van der Waals surface area contributed by atoms with E-state index in [-0.39, 0.29) is 18.6 Å². The number of ether oxygens (including phenoxy) is 1. The van der Waals surface area contributed by atoms with Gasteiger partial charge in [0.1, 0.15) is 0 Å². The van der Waals surface area contributed by atoms with Crippen molar-refractivity contribution in [3.63, 3.8) is 0 Å². The third-order valence-electron chi connectivity index (χ3n) is 3.61. The van der Waals surface area contributed by atoms with Gasteiger partial charge >= 0.3 is 5.97 Å². The van der Waals surface area contributed by atoms with E-state index in [0.717, 1.165) is 25.7 Å². The molecule has 114 valence electrons. The minimum absolute atomic E-state index is 0.213. The molecule has 1 saturated carbocycles. The Morgan fingerprint density at radius 3 is 2.57 bits per heavy atom. The molecule has 2 rings (SSSR count). The molecule has 0 bridgehead atoms. The number of hydrogen-bond donors (Lipinski definition) is 1. The number of esters is 1. The third kappa shape index (κ3) is 5.38. The molecule has 1 fully saturated rings. The maximum Gasteiger partial charge on any atom is 0.338 e. The number of halogens is 1. The van der Waals surface area contributed by atoms with Crippen LogP contribution in [0.1, 0.15) is 48.9 Å². The minimum atomic E-state index is -0.534. The van der Waals surface area contributed by atoms with Crippen LogP contribution in [-0.4, -0.2) is 24.5 Å². The molecule has 1 aliphatic carbocycles. The monoisotopic (exact) mass is 309 g/mol. The van der Waals surface area contributed by atoms with Gasteiger partial charge in [-0.15, -0.1) is 0 Å². The summed E-state index contributed by atoms with van der Waals surface area (Å²) >= 11 is 5.81. The van der Waals surface area contributed by atoms with Crippen LogP contribution in [0.4, 0.5) is 0 Å². The zero-order valence-corrected chi connectivity index (χ0v) is 12.7. The molecule has 1 aromatic rings. The third-order valence-corrected chi connectivity index (χ3v) is 3.85. The number of carbonyl (C=O) groups is 2. The van der Waals surface area contributed by atoms with Crippen molar-refractivity contribution < 1.29 is 14.3 Å². The number of amides is 1. The molecule has 0 unspecified atom stereocenters. The number of nitrogens with one attached hydrogen (secondary N) is 1. The van der Waals surface area contributed by atoms with Gasteiger partial charge in [0.25, 0.3) is 5.91 Å². The average molecular weight is 310 g/mol. The molecule has 5 heteroatoms. The van der Waals surface area contributed by atoms with Gasteiger partial charge < -0.3 is 10.1 Å². The van der Waals surface area contributed by atoms with Gasteiger partial charge in [0.05, 0.1) is 5.56 Å². The molecule has 0 aromatic heterocycles. The van der Waals surface area contributed by atoms with Crippen molar-refractivity contribution in [2.75, 3.05) is 6.61 Å². The number of hydrogen-bond acceptors (Lipinski definition) is 3. The molecule has 0 spiro atoms. The van der Waals surface area contributed by atoms with Crippen LogP contribution in [0.25, 0.3) is 0 Å². The van der Waals surface area contributed by atoms with Gasteiger partial charge in [0, 0.05) is 11.1 Å². The molecule has 0 saturated heterocycles. The van der Waals surface area contributed by atoms with Gasteiger partial charge in [-0.05, 0) is 31.0 Å². The van der Waals surface area contributed by atoms with E-state index in [1.165, 1.54) is 18.9 Å². The van der Waals surface area contributed by atoms with Crippen LogP contribution < -0.4 is 5.32 Å². The fourth-order valence-corrected chi connectivity index (χ4v) is 2.71. The predicted molar refractivity (Wildman–Crippen MR) is 81.4 cm³/mol. The molecular weight excluding hydrogens is 290 g/mol. The highest BCUT2D eigenvalue weighted by Crippen LogP contribution is 2.17. The summed E-state index contributed by atoms with van der Waals surface area (Å²) in [5.74, 6) is -0.772. The van der Waals surface area contributed by atoms with Gasteiger partial charge in [-0.1, -0.05) is 43.4 Å². The van der Waals surface area contributed by atoms with E-state index >= 15 is 0 Å². The highest BCUT2D eigenvalue weighted by Gasteiger charge is 2.16. The van der Waals surface area contributed by atoms with Crippen LogP contribution in [0.5, 0.6) is 0 Å². The second-order valence-corrected chi connectivity index (χ2v) is 5.78. The first kappa shape index (κ1) is 15.8. The molecule has 0 aliphatic heterocycles. The first-order chi connectivity index (χ1) is 10.1. The molecule has 0 atom stereocenters. The van der Waals surface area contributed by atoms with E-state index in [4.69, 9.17) is 16.3 Å². The van der Waals surface area contributed by atoms with Gasteiger partial charge in [-0.3, -0.25) is 4.79 Å². The molecule has 1 aliphatic rings. The van der Waals surface area contributed by atoms with Crippen LogP contribution in [-0.2, 0) is 9.53 Å². The second-order valence-electron chi connectivity index (χ2n) is 5.34. The lowest BCUT2D eigenvalue weighted by Crippen LogP contribution is -2.37. The summed E-state index contributed by atoms with van der Waals surface area (Å²) in [5.41, 5.74) is 0.352. The minimum Gasteiger partial charge on any atom is -0.452 e. The smallest absolute Gasteiger partial charge is 0.338 e. The lowest BCUT2D eigenvalue weighted by molar-refractivity contribution is -0.125. The summed E-state index contributed by atoms with van der Waals surface area (Å²) in [5, 5.41) is 3.40. The summed E-state index contributed by atoms with van der Waals surface area (Å²) in [6.45, 7) is -0.248. The van der Waals surface area contributed by atoms with Crippen LogP contribution in [0.2, 0.25) is 5.02 Å². The van der Waals surface area contributed by atoms with Crippen LogP contribution >= 0.6 is 11.6 Å². The summed E-state index contributed by atoms with van der Waals surface area (Å²) in [7, 11) is 0. The van der Waals surface area contributed by atoms with Crippen molar-refractivity contribution in [3.05, 3.63) is 34.9 Å². The van der Waals surface area contributed by atoms with Crippen LogP contribution in [0.15, 0.2) is 24.3 Å². The standard InChI is InChI=1S/C16H20ClNO3/c17-13-7-5-6-12(10-13)16(20)21-11-15(19)18-14-8-3-1-2-4-9-14/h5-7,10,14H,1-4,8-9,11H2,(H,18,19). The van der Waals surface area contributed by atoms with Crippen molar-refractivity contribution in [1.29, 1.82) is 0 Å². The van der Waals surface area contributed by atoms with Crippen molar-refractivity contribution >= 4 is 23.5 Å². The van der Waals surface area contributed by atoms with Gasteiger partial charge in [0.2, 0.25) is 0 Å². The fraction of sp³-hybridized carbons (Fsp3) is 0.500. The number of rotatable bonds is 4. The predicted octanol–water partition coefficient (Wildman–Crippen LogP) is 3.34. The molecule has 0 radical (unpaired) electrons. The van der Waals surface area contributed by atoms with Crippen LogP contribution in [0, 0.1) is 0 Å². The van der Waals surface area contributed by atoms with E-state index in [1.807, 2.05) is 0 Å². The molecule has 4 nitrogen and oxygen atoms in total.